The lowest BCUT2D eigenvalue weighted by molar-refractivity contribution is 1.18. The van der Waals surface area contributed by atoms with E-state index in [0.717, 1.165) is 11.2 Å². The van der Waals surface area contributed by atoms with Crippen LogP contribution in [0.1, 0.15) is 0 Å². The first-order valence-corrected chi connectivity index (χ1v) is 14.0. The molecule has 3 nitrogen and oxygen atoms in total. The highest BCUT2D eigenvalue weighted by Gasteiger charge is 2.18. The van der Waals surface area contributed by atoms with Crippen LogP contribution in [0.25, 0.3) is 76.0 Å². The molecule has 39 heavy (non-hydrogen) atoms. The SMILES string of the molecule is c1ccc(-n2c3ccccc3c3cc4cc5c6ccccc6n(-c6cccc7scnc67)c5cc4cc32)cc1. The van der Waals surface area contributed by atoms with E-state index in [1.54, 1.807) is 11.3 Å². The maximum Gasteiger partial charge on any atom is 0.105 e. The van der Waals surface area contributed by atoms with E-state index in [4.69, 9.17) is 4.98 Å². The lowest BCUT2D eigenvalue weighted by atomic mass is 10.0. The Bertz CT molecular complexity index is 2390. The van der Waals surface area contributed by atoms with Crippen LogP contribution in [0.4, 0.5) is 0 Å². The number of hydrogen-bond acceptors (Lipinski definition) is 2. The van der Waals surface area contributed by atoms with Crippen molar-refractivity contribution >= 4 is 75.9 Å². The van der Waals surface area contributed by atoms with E-state index in [0.29, 0.717) is 0 Å². The van der Waals surface area contributed by atoms with Crippen molar-refractivity contribution in [3.05, 3.63) is 127 Å². The van der Waals surface area contributed by atoms with Crippen LogP contribution in [0, 0.1) is 0 Å². The van der Waals surface area contributed by atoms with Crippen molar-refractivity contribution in [1.82, 2.24) is 14.1 Å². The molecule has 0 bridgehead atoms. The molecule has 182 valence electrons. The minimum Gasteiger partial charge on any atom is -0.309 e. The molecule has 0 fully saturated rings. The Balaban J connectivity index is 1.44. The van der Waals surface area contributed by atoms with E-state index in [1.807, 2.05) is 5.51 Å². The largest absolute Gasteiger partial charge is 0.309 e. The smallest absolute Gasteiger partial charge is 0.105 e. The van der Waals surface area contributed by atoms with Gasteiger partial charge in [-0.05, 0) is 71.4 Å². The van der Waals surface area contributed by atoms with Crippen LogP contribution in [-0.2, 0) is 0 Å². The van der Waals surface area contributed by atoms with Crippen LogP contribution in [0.2, 0.25) is 0 Å². The molecule has 3 aromatic heterocycles. The van der Waals surface area contributed by atoms with Crippen molar-refractivity contribution in [3.63, 3.8) is 0 Å². The predicted molar refractivity (Wildman–Crippen MR) is 166 cm³/mol. The number of aromatic nitrogens is 3. The fraction of sp³-hybridized carbons (Fsp3) is 0. The van der Waals surface area contributed by atoms with E-state index < -0.39 is 0 Å². The molecule has 9 rings (SSSR count). The number of nitrogens with zero attached hydrogens (tertiary/aromatic N) is 3. The summed E-state index contributed by atoms with van der Waals surface area (Å²) in [6.45, 7) is 0. The van der Waals surface area contributed by atoms with Gasteiger partial charge in [0.25, 0.3) is 0 Å². The number of benzene rings is 6. The molecule has 3 heterocycles. The van der Waals surface area contributed by atoms with E-state index in [-0.39, 0.29) is 0 Å². The van der Waals surface area contributed by atoms with Gasteiger partial charge in [0, 0.05) is 27.2 Å². The first-order chi connectivity index (χ1) is 19.3. The van der Waals surface area contributed by atoms with Gasteiger partial charge in [-0.2, -0.15) is 0 Å². The van der Waals surface area contributed by atoms with Crippen LogP contribution in [-0.4, -0.2) is 14.1 Å². The van der Waals surface area contributed by atoms with Crippen molar-refractivity contribution < 1.29 is 0 Å². The van der Waals surface area contributed by atoms with Gasteiger partial charge in [-0.25, -0.2) is 4.98 Å². The second kappa shape index (κ2) is 7.79. The zero-order valence-corrected chi connectivity index (χ0v) is 21.7. The summed E-state index contributed by atoms with van der Waals surface area (Å²) in [5.41, 5.74) is 10.1. The lowest BCUT2D eigenvalue weighted by Gasteiger charge is -2.10. The third-order valence-electron chi connectivity index (χ3n) is 8.02. The molecule has 0 radical (unpaired) electrons. The normalized spacial score (nSPS) is 12.1. The van der Waals surface area contributed by atoms with Gasteiger partial charge in [0.1, 0.15) is 5.52 Å². The van der Waals surface area contributed by atoms with Crippen LogP contribution in [0.15, 0.2) is 127 Å². The van der Waals surface area contributed by atoms with Gasteiger partial charge in [-0.3, -0.25) is 0 Å². The number of rotatable bonds is 2. The summed E-state index contributed by atoms with van der Waals surface area (Å²) in [6.07, 6.45) is 0. The highest BCUT2D eigenvalue weighted by Crippen LogP contribution is 2.40. The fourth-order valence-corrected chi connectivity index (χ4v) is 7.04. The van der Waals surface area contributed by atoms with Crippen LogP contribution in [0.5, 0.6) is 0 Å². The topological polar surface area (TPSA) is 22.8 Å². The highest BCUT2D eigenvalue weighted by atomic mass is 32.1. The first kappa shape index (κ1) is 21.1. The molecular formula is C35H21N3S. The fourth-order valence-electron chi connectivity index (χ4n) is 6.35. The molecule has 0 saturated carbocycles. The van der Waals surface area contributed by atoms with E-state index in [1.165, 1.54) is 64.8 Å². The van der Waals surface area contributed by atoms with Gasteiger partial charge in [-0.15, -0.1) is 11.3 Å². The molecule has 0 aliphatic rings. The maximum absolute atomic E-state index is 4.76. The number of fused-ring (bicyclic) bond motifs is 8. The molecule has 0 unspecified atom stereocenters. The molecule has 9 aromatic rings. The van der Waals surface area contributed by atoms with Crippen molar-refractivity contribution in [1.29, 1.82) is 0 Å². The standard InChI is InChI=1S/C35H21N3S/c1-2-9-24(10-3-1)37-29-13-6-4-11-25(29)27-17-22-18-28-26-12-5-7-14-30(26)38(33(28)20-23(22)19-32(27)37)31-15-8-16-34-35(31)36-21-39-34/h1-21H. The lowest BCUT2D eigenvalue weighted by Crippen LogP contribution is -1.95. The van der Waals surface area contributed by atoms with Crippen LogP contribution < -0.4 is 0 Å². The second-order valence-corrected chi connectivity index (χ2v) is 11.0. The number of para-hydroxylation sites is 4. The Labute approximate surface area is 227 Å². The Kier molecular flexibility index (Phi) is 4.21. The molecule has 4 heteroatoms. The molecular weight excluding hydrogens is 494 g/mol. The van der Waals surface area contributed by atoms with E-state index >= 15 is 0 Å². The number of thiazole rings is 1. The second-order valence-electron chi connectivity index (χ2n) is 10.1. The summed E-state index contributed by atoms with van der Waals surface area (Å²) in [6, 6.07) is 44.1. The van der Waals surface area contributed by atoms with Crippen LogP contribution >= 0.6 is 11.3 Å². The van der Waals surface area contributed by atoms with E-state index in [9.17, 15) is 0 Å². The van der Waals surface area contributed by atoms with Crippen molar-refractivity contribution in [3.8, 4) is 11.4 Å². The molecule has 0 aliphatic carbocycles. The monoisotopic (exact) mass is 515 g/mol. The Morgan fingerprint density at radius 1 is 0.487 bits per heavy atom. The molecule has 0 aliphatic heterocycles. The predicted octanol–water partition coefficient (Wildman–Crippen LogP) is 9.64. The van der Waals surface area contributed by atoms with E-state index in [2.05, 4.69) is 130 Å². The van der Waals surface area contributed by atoms with Gasteiger partial charge < -0.3 is 9.13 Å². The van der Waals surface area contributed by atoms with Crippen LogP contribution in [0.3, 0.4) is 0 Å². The summed E-state index contributed by atoms with van der Waals surface area (Å²) in [4.78, 5) is 4.76. The average Bonchev–Trinajstić information content (AvgIpc) is 3.68. The molecule has 0 N–H and O–H groups in total. The maximum atomic E-state index is 4.76. The Hall–Kier alpha value is -4.93. The van der Waals surface area contributed by atoms with Crippen molar-refractivity contribution in [2.24, 2.45) is 0 Å². The summed E-state index contributed by atoms with van der Waals surface area (Å²) in [7, 11) is 0. The van der Waals surface area contributed by atoms with Gasteiger partial charge in [-0.1, -0.05) is 60.7 Å². The molecule has 6 aromatic carbocycles. The summed E-state index contributed by atoms with van der Waals surface area (Å²) < 4.78 is 5.98. The summed E-state index contributed by atoms with van der Waals surface area (Å²) >= 11 is 1.69. The van der Waals surface area contributed by atoms with Crippen molar-refractivity contribution in [2.75, 3.05) is 0 Å². The van der Waals surface area contributed by atoms with Gasteiger partial charge in [0.2, 0.25) is 0 Å². The number of hydrogen-bond donors (Lipinski definition) is 0. The molecule has 0 amide bonds. The Morgan fingerprint density at radius 2 is 1.10 bits per heavy atom. The molecule has 0 saturated heterocycles. The highest BCUT2D eigenvalue weighted by molar-refractivity contribution is 7.16. The first-order valence-electron chi connectivity index (χ1n) is 13.1. The zero-order valence-electron chi connectivity index (χ0n) is 20.9. The Morgan fingerprint density at radius 3 is 1.85 bits per heavy atom. The molecule has 0 atom stereocenters. The third kappa shape index (κ3) is 2.89. The minimum absolute atomic E-state index is 1.05. The third-order valence-corrected chi connectivity index (χ3v) is 8.81. The quantitative estimate of drug-likeness (QED) is 0.225. The van der Waals surface area contributed by atoms with Gasteiger partial charge in [0.05, 0.1) is 38.0 Å². The summed E-state index contributed by atoms with van der Waals surface area (Å²) in [5.74, 6) is 0. The van der Waals surface area contributed by atoms with Gasteiger partial charge in [0.15, 0.2) is 0 Å². The summed E-state index contributed by atoms with van der Waals surface area (Å²) in [5, 5.41) is 7.54. The van der Waals surface area contributed by atoms with Gasteiger partial charge >= 0.3 is 0 Å². The minimum atomic E-state index is 1.05. The average molecular weight is 516 g/mol. The zero-order chi connectivity index (χ0) is 25.5. The molecule has 0 spiro atoms. The van der Waals surface area contributed by atoms with Crippen molar-refractivity contribution in [2.45, 2.75) is 0 Å².